The Morgan fingerprint density at radius 3 is 2.53 bits per heavy atom. The van der Waals surface area contributed by atoms with Gasteiger partial charge in [-0.15, -0.1) is 0 Å². The molecule has 1 unspecified atom stereocenters. The molecule has 0 aliphatic carbocycles. The van der Waals surface area contributed by atoms with Crippen molar-refractivity contribution in [3.05, 3.63) is 63.6 Å². The first kappa shape index (κ1) is 27.4. The summed E-state index contributed by atoms with van der Waals surface area (Å²) in [5, 5.41) is 7.58. The van der Waals surface area contributed by atoms with Crippen molar-refractivity contribution in [1.29, 1.82) is 0 Å². The first-order valence-electron chi connectivity index (χ1n) is 11.4. The molecule has 2 aromatic carbocycles. The van der Waals surface area contributed by atoms with E-state index in [1.54, 1.807) is 55.1 Å². The Bertz CT molecular complexity index is 1120. The number of carbonyl (C=O) groups is 3. The number of nitrogens with one attached hydrogen (secondary N) is 2. The quantitative estimate of drug-likeness (QED) is 0.379. The van der Waals surface area contributed by atoms with Gasteiger partial charge in [-0.3, -0.25) is 14.4 Å². The van der Waals surface area contributed by atoms with E-state index in [1.807, 2.05) is 0 Å². The van der Waals surface area contributed by atoms with Crippen molar-refractivity contribution in [2.24, 2.45) is 11.0 Å². The van der Waals surface area contributed by atoms with Crippen molar-refractivity contribution < 1.29 is 23.9 Å². The Labute approximate surface area is 219 Å². The summed E-state index contributed by atoms with van der Waals surface area (Å²) < 4.78 is 11.0. The van der Waals surface area contributed by atoms with Gasteiger partial charge in [0.25, 0.3) is 17.7 Å². The average Bonchev–Trinajstić information content (AvgIpc) is 2.86. The van der Waals surface area contributed by atoms with Crippen LogP contribution >= 0.6 is 23.2 Å². The maximum absolute atomic E-state index is 12.8. The molecule has 3 amide bonds. The number of halogens is 2. The Hall–Kier alpha value is -3.14. The van der Waals surface area contributed by atoms with E-state index in [4.69, 9.17) is 32.7 Å². The minimum absolute atomic E-state index is 0.153. The van der Waals surface area contributed by atoms with E-state index in [-0.39, 0.29) is 18.4 Å². The molecule has 1 aliphatic heterocycles. The Kier molecular flexibility index (Phi) is 10.1. The number of amides is 3. The lowest BCUT2D eigenvalue weighted by atomic mass is 10.0. The van der Waals surface area contributed by atoms with E-state index in [9.17, 15) is 14.4 Å². The lowest BCUT2D eigenvalue weighted by Gasteiger charge is -2.26. The van der Waals surface area contributed by atoms with Gasteiger partial charge in [-0.2, -0.15) is 5.10 Å². The maximum Gasteiger partial charge on any atom is 0.262 e. The topological polar surface area (TPSA) is 109 Å². The average molecular weight is 535 g/mol. The second-order valence-electron chi connectivity index (χ2n) is 8.40. The van der Waals surface area contributed by atoms with Crippen LogP contribution < -0.4 is 15.5 Å². The normalized spacial score (nSPS) is 14.5. The third kappa shape index (κ3) is 7.94. The fourth-order valence-electron chi connectivity index (χ4n) is 3.42. The number of benzene rings is 2. The molecule has 3 rings (SSSR count). The number of hydrogen-bond acceptors (Lipinski definition) is 6. The molecule has 0 saturated carbocycles. The standard InChI is InChI=1S/C25H28Cl2N4O5/c1-16(2)23(29-24(33)17-4-3-5-19(26)12-17)25(34)30-28-14-18-13-20(27)6-7-21(18)36-15-22(32)31-8-10-35-11-9-31/h3-7,12-14,16,23H,8-11,15H2,1-2H3,(H,29,33)(H,30,34)/b28-14-. The number of hydrogen-bond donors (Lipinski definition) is 2. The van der Waals surface area contributed by atoms with Crippen molar-refractivity contribution in [2.45, 2.75) is 19.9 Å². The molecule has 2 N–H and O–H groups in total. The zero-order valence-electron chi connectivity index (χ0n) is 20.0. The molecule has 0 bridgehead atoms. The summed E-state index contributed by atoms with van der Waals surface area (Å²) >= 11 is 12.1. The summed E-state index contributed by atoms with van der Waals surface area (Å²) in [5.74, 6) is -0.901. The van der Waals surface area contributed by atoms with Crippen LogP contribution in [0.1, 0.15) is 29.8 Å². The van der Waals surface area contributed by atoms with Gasteiger partial charge in [-0.25, -0.2) is 5.43 Å². The van der Waals surface area contributed by atoms with Crippen LogP contribution in [0.2, 0.25) is 10.0 Å². The summed E-state index contributed by atoms with van der Waals surface area (Å²) in [7, 11) is 0. The molecule has 9 nitrogen and oxygen atoms in total. The minimum atomic E-state index is -0.838. The van der Waals surface area contributed by atoms with Crippen molar-refractivity contribution in [3.63, 3.8) is 0 Å². The molecule has 11 heteroatoms. The molecule has 0 aromatic heterocycles. The van der Waals surface area contributed by atoms with Crippen LogP contribution in [0.3, 0.4) is 0 Å². The fourth-order valence-corrected chi connectivity index (χ4v) is 3.79. The predicted octanol–water partition coefficient (Wildman–Crippen LogP) is 3.14. The fraction of sp³-hybridized carbons (Fsp3) is 0.360. The second-order valence-corrected chi connectivity index (χ2v) is 9.28. The highest BCUT2D eigenvalue weighted by molar-refractivity contribution is 6.31. The third-order valence-corrected chi connectivity index (χ3v) is 5.86. The largest absolute Gasteiger partial charge is 0.483 e. The third-order valence-electron chi connectivity index (χ3n) is 5.39. The lowest BCUT2D eigenvalue weighted by molar-refractivity contribution is -0.137. The van der Waals surface area contributed by atoms with Crippen LogP contribution in [-0.4, -0.2) is 67.8 Å². The van der Waals surface area contributed by atoms with Crippen molar-refractivity contribution >= 4 is 47.1 Å². The zero-order valence-corrected chi connectivity index (χ0v) is 21.5. The molecule has 1 atom stereocenters. The van der Waals surface area contributed by atoms with Gasteiger partial charge in [0.2, 0.25) is 0 Å². The molecule has 0 radical (unpaired) electrons. The summed E-state index contributed by atoms with van der Waals surface area (Å²) in [5.41, 5.74) is 3.26. The number of hydrazone groups is 1. The minimum Gasteiger partial charge on any atom is -0.483 e. The number of rotatable bonds is 9. The van der Waals surface area contributed by atoms with Crippen LogP contribution in [0.25, 0.3) is 0 Å². The highest BCUT2D eigenvalue weighted by atomic mass is 35.5. The molecular formula is C25H28Cl2N4O5. The second kappa shape index (κ2) is 13.2. The van der Waals surface area contributed by atoms with Gasteiger partial charge in [0.05, 0.1) is 19.4 Å². The molecule has 36 heavy (non-hydrogen) atoms. The molecule has 2 aromatic rings. The highest BCUT2D eigenvalue weighted by Crippen LogP contribution is 2.21. The predicted molar refractivity (Wildman–Crippen MR) is 138 cm³/mol. The van der Waals surface area contributed by atoms with E-state index in [0.29, 0.717) is 53.2 Å². The summed E-state index contributed by atoms with van der Waals surface area (Å²) in [6.07, 6.45) is 1.37. The van der Waals surface area contributed by atoms with E-state index in [0.717, 1.165) is 0 Å². The van der Waals surface area contributed by atoms with Crippen molar-refractivity contribution in [2.75, 3.05) is 32.9 Å². The van der Waals surface area contributed by atoms with Gasteiger partial charge in [-0.1, -0.05) is 43.1 Å². The van der Waals surface area contributed by atoms with Gasteiger partial charge >= 0.3 is 0 Å². The summed E-state index contributed by atoms with van der Waals surface area (Å²) in [4.78, 5) is 39.4. The highest BCUT2D eigenvalue weighted by Gasteiger charge is 2.24. The molecule has 1 aliphatic rings. The maximum atomic E-state index is 12.8. The molecule has 1 fully saturated rings. The zero-order chi connectivity index (χ0) is 26.1. The van der Waals surface area contributed by atoms with Gasteiger partial charge in [0.1, 0.15) is 11.8 Å². The molecular weight excluding hydrogens is 507 g/mol. The molecule has 192 valence electrons. The van der Waals surface area contributed by atoms with E-state index >= 15 is 0 Å². The number of morpholine rings is 1. The van der Waals surface area contributed by atoms with E-state index in [1.165, 1.54) is 12.3 Å². The van der Waals surface area contributed by atoms with E-state index in [2.05, 4.69) is 15.8 Å². The van der Waals surface area contributed by atoms with E-state index < -0.39 is 17.9 Å². The Morgan fingerprint density at radius 1 is 1.11 bits per heavy atom. The van der Waals surface area contributed by atoms with Gasteiger partial charge in [0.15, 0.2) is 6.61 Å². The van der Waals surface area contributed by atoms with Gasteiger partial charge < -0.3 is 19.7 Å². The first-order valence-corrected chi connectivity index (χ1v) is 12.2. The van der Waals surface area contributed by atoms with Crippen molar-refractivity contribution in [1.82, 2.24) is 15.6 Å². The Morgan fingerprint density at radius 2 is 1.83 bits per heavy atom. The number of nitrogens with zero attached hydrogens (tertiary/aromatic N) is 2. The monoisotopic (exact) mass is 534 g/mol. The smallest absolute Gasteiger partial charge is 0.262 e. The summed E-state index contributed by atoms with van der Waals surface area (Å²) in [6, 6.07) is 10.5. The SMILES string of the molecule is CC(C)C(NC(=O)c1cccc(Cl)c1)C(=O)N/N=C\c1cc(Cl)ccc1OCC(=O)N1CCOCC1. The number of ether oxygens (including phenoxy) is 2. The summed E-state index contributed by atoms with van der Waals surface area (Å²) in [6.45, 7) is 5.51. The van der Waals surface area contributed by atoms with Crippen LogP contribution in [-0.2, 0) is 14.3 Å². The molecule has 0 spiro atoms. The number of carbonyl (C=O) groups excluding carboxylic acids is 3. The van der Waals surface area contributed by atoms with Crippen LogP contribution in [0.15, 0.2) is 47.6 Å². The molecule has 1 saturated heterocycles. The van der Waals surface area contributed by atoms with Crippen molar-refractivity contribution in [3.8, 4) is 5.75 Å². The first-order chi connectivity index (χ1) is 17.2. The Balaban J connectivity index is 1.62. The van der Waals surface area contributed by atoms with Crippen LogP contribution in [0.5, 0.6) is 5.75 Å². The van der Waals surface area contributed by atoms with Crippen LogP contribution in [0, 0.1) is 5.92 Å². The molecule has 1 heterocycles. The van der Waals surface area contributed by atoms with Crippen LogP contribution in [0.4, 0.5) is 0 Å². The van der Waals surface area contributed by atoms with Gasteiger partial charge in [-0.05, 0) is 42.3 Å². The van der Waals surface area contributed by atoms with Gasteiger partial charge in [0, 0.05) is 34.3 Å². The lowest BCUT2D eigenvalue weighted by Crippen LogP contribution is -2.48.